The SMILES string of the molecule is Cc1c(Cl)ccc2nc(Cl)c3[nH]cnc3c12. The van der Waals surface area contributed by atoms with Gasteiger partial charge in [0.05, 0.1) is 11.8 Å². The van der Waals surface area contributed by atoms with Crippen molar-refractivity contribution in [1.82, 2.24) is 15.0 Å². The van der Waals surface area contributed by atoms with E-state index in [2.05, 4.69) is 15.0 Å². The molecule has 0 saturated carbocycles. The Morgan fingerprint density at radius 1 is 1.25 bits per heavy atom. The van der Waals surface area contributed by atoms with Gasteiger partial charge in [0.25, 0.3) is 0 Å². The monoisotopic (exact) mass is 251 g/mol. The van der Waals surface area contributed by atoms with E-state index in [1.807, 2.05) is 19.1 Å². The molecule has 0 amide bonds. The summed E-state index contributed by atoms with van der Waals surface area (Å²) in [5.41, 5.74) is 3.35. The molecule has 0 unspecified atom stereocenters. The van der Waals surface area contributed by atoms with Gasteiger partial charge in [0.15, 0.2) is 5.15 Å². The molecule has 1 N–H and O–H groups in total. The van der Waals surface area contributed by atoms with Gasteiger partial charge < -0.3 is 4.98 Å². The predicted octanol–water partition coefficient (Wildman–Crippen LogP) is 3.73. The van der Waals surface area contributed by atoms with Crippen molar-refractivity contribution in [3.05, 3.63) is 34.2 Å². The number of aromatic nitrogens is 3. The van der Waals surface area contributed by atoms with Crippen molar-refractivity contribution >= 4 is 45.1 Å². The molecular weight excluding hydrogens is 245 g/mol. The molecule has 0 bridgehead atoms. The maximum atomic E-state index is 6.10. The average Bonchev–Trinajstić information content (AvgIpc) is 2.73. The molecule has 3 nitrogen and oxygen atoms in total. The Hall–Kier alpha value is -1.32. The lowest BCUT2D eigenvalue weighted by molar-refractivity contribution is 1.34. The zero-order valence-electron chi connectivity index (χ0n) is 8.38. The number of nitrogens with one attached hydrogen (secondary N) is 1. The smallest absolute Gasteiger partial charge is 0.155 e. The Labute approximate surface area is 101 Å². The van der Waals surface area contributed by atoms with Crippen LogP contribution in [0.2, 0.25) is 10.2 Å². The molecule has 0 spiro atoms. The molecule has 1 aromatic carbocycles. The molecule has 2 aromatic heterocycles. The second-order valence-corrected chi connectivity index (χ2v) is 4.36. The zero-order valence-corrected chi connectivity index (χ0v) is 9.89. The van der Waals surface area contributed by atoms with Crippen LogP contribution in [0.1, 0.15) is 5.56 Å². The highest BCUT2D eigenvalue weighted by Gasteiger charge is 2.12. The third-order valence-corrected chi connectivity index (χ3v) is 3.36. The molecule has 80 valence electrons. The second-order valence-electron chi connectivity index (χ2n) is 3.60. The second kappa shape index (κ2) is 3.34. The van der Waals surface area contributed by atoms with Crippen LogP contribution in [0.5, 0.6) is 0 Å². The van der Waals surface area contributed by atoms with Gasteiger partial charge in [-0.15, -0.1) is 0 Å². The highest BCUT2D eigenvalue weighted by molar-refractivity contribution is 6.36. The number of benzene rings is 1. The van der Waals surface area contributed by atoms with Gasteiger partial charge in [-0.25, -0.2) is 9.97 Å². The maximum Gasteiger partial charge on any atom is 0.155 e. The number of rotatable bonds is 0. The van der Waals surface area contributed by atoms with Crippen LogP contribution < -0.4 is 0 Å². The molecule has 3 aromatic rings. The van der Waals surface area contributed by atoms with Crippen molar-refractivity contribution in [3.63, 3.8) is 0 Å². The molecule has 0 aliphatic rings. The summed E-state index contributed by atoms with van der Waals surface area (Å²) in [6.07, 6.45) is 1.61. The first-order valence-electron chi connectivity index (χ1n) is 4.76. The largest absolute Gasteiger partial charge is 0.342 e. The summed E-state index contributed by atoms with van der Waals surface area (Å²) in [7, 11) is 0. The van der Waals surface area contributed by atoms with Crippen molar-refractivity contribution in [3.8, 4) is 0 Å². The Balaban J connectivity index is 2.66. The summed E-state index contributed by atoms with van der Waals surface area (Å²) in [6.45, 7) is 1.95. The van der Waals surface area contributed by atoms with E-state index in [0.717, 1.165) is 27.5 Å². The van der Waals surface area contributed by atoms with E-state index in [1.54, 1.807) is 6.33 Å². The van der Waals surface area contributed by atoms with Crippen LogP contribution in [-0.2, 0) is 0 Å². The summed E-state index contributed by atoms with van der Waals surface area (Å²) in [6, 6.07) is 3.67. The van der Waals surface area contributed by atoms with E-state index < -0.39 is 0 Å². The van der Waals surface area contributed by atoms with Gasteiger partial charge in [0.2, 0.25) is 0 Å². The van der Waals surface area contributed by atoms with Gasteiger partial charge in [-0.05, 0) is 24.6 Å². The highest BCUT2D eigenvalue weighted by Crippen LogP contribution is 2.31. The average molecular weight is 252 g/mol. The van der Waals surface area contributed by atoms with Crippen LogP contribution in [0.15, 0.2) is 18.5 Å². The molecule has 5 heteroatoms. The van der Waals surface area contributed by atoms with E-state index in [1.165, 1.54) is 0 Å². The minimum absolute atomic E-state index is 0.432. The number of fused-ring (bicyclic) bond motifs is 3. The lowest BCUT2D eigenvalue weighted by atomic mass is 10.1. The number of H-pyrrole nitrogens is 1. The van der Waals surface area contributed by atoms with Gasteiger partial charge >= 0.3 is 0 Å². The van der Waals surface area contributed by atoms with E-state index in [-0.39, 0.29) is 0 Å². The minimum Gasteiger partial charge on any atom is -0.342 e. The fourth-order valence-corrected chi connectivity index (χ4v) is 2.26. The van der Waals surface area contributed by atoms with Crippen LogP contribution in [0, 0.1) is 6.92 Å². The van der Waals surface area contributed by atoms with Gasteiger partial charge in [-0.1, -0.05) is 23.2 Å². The molecule has 3 rings (SSSR count). The van der Waals surface area contributed by atoms with Crippen molar-refractivity contribution in [1.29, 1.82) is 0 Å². The third-order valence-electron chi connectivity index (χ3n) is 2.68. The quantitative estimate of drug-likeness (QED) is 0.619. The zero-order chi connectivity index (χ0) is 11.3. The molecule has 16 heavy (non-hydrogen) atoms. The molecule has 0 aliphatic heterocycles. The van der Waals surface area contributed by atoms with E-state index >= 15 is 0 Å². The summed E-state index contributed by atoms with van der Waals surface area (Å²) < 4.78 is 0. The van der Waals surface area contributed by atoms with Crippen LogP contribution in [-0.4, -0.2) is 15.0 Å². The Bertz CT molecular complexity index is 703. The number of nitrogens with zero attached hydrogens (tertiary/aromatic N) is 2. The van der Waals surface area contributed by atoms with E-state index in [0.29, 0.717) is 10.2 Å². The Morgan fingerprint density at radius 3 is 2.88 bits per heavy atom. The lowest BCUT2D eigenvalue weighted by Gasteiger charge is -2.05. The number of hydrogen-bond donors (Lipinski definition) is 1. The summed E-state index contributed by atoms with van der Waals surface area (Å²) >= 11 is 12.2. The first-order valence-corrected chi connectivity index (χ1v) is 5.51. The molecule has 0 radical (unpaired) electrons. The summed E-state index contributed by atoms with van der Waals surface area (Å²) in [5.74, 6) is 0. The Morgan fingerprint density at radius 2 is 2.06 bits per heavy atom. The van der Waals surface area contributed by atoms with Gasteiger partial charge in [-0.2, -0.15) is 0 Å². The maximum absolute atomic E-state index is 6.10. The van der Waals surface area contributed by atoms with Gasteiger partial charge in [-0.3, -0.25) is 0 Å². The van der Waals surface area contributed by atoms with Crippen molar-refractivity contribution in [2.45, 2.75) is 6.92 Å². The molecular formula is C11H7Cl2N3. The van der Waals surface area contributed by atoms with Gasteiger partial charge in [0, 0.05) is 10.4 Å². The Kier molecular flexibility index (Phi) is 2.06. The lowest BCUT2D eigenvalue weighted by Crippen LogP contribution is -1.87. The predicted molar refractivity (Wildman–Crippen MR) is 66.2 cm³/mol. The molecule has 0 aliphatic carbocycles. The molecule has 0 atom stereocenters. The normalized spacial score (nSPS) is 11.4. The number of pyridine rings is 1. The fourth-order valence-electron chi connectivity index (χ4n) is 1.87. The topological polar surface area (TPSA) is 41.6 Å². The highest BCUT2D eigenvalue weighted by atomic mass is 35.5. The first-order chi connectivity index (χ1) is 7.68. The molecule has 2 heterocycles. The summed E-state index contributed by atoms with van der Waals surface area (Å²) in [4.78, 5) is 11.6. The van der Waals surface area contributed by atoms with Crippen molar-refractivity contribution < 1.29 is 0 Å². The number of halogens is 2. The number of imidazole rings is 1. The van der Waals surface area contributed by atoms with Crippen molar-refractivity contribution in [2.24, 2.45) is 0 Å². The number of aromatic amines is 1. The van der Waals surface area contributed by atoms with Crippen LogP contribution in [0.4, 0.5) is 0 Å². The van der Waals surface area contributed by atoms with E-state index in [4.69, 9.17) is 23.2 Å². The standard InChI is InChI=1S/C11H7Cl2N3/c1-5-6(12)2-3-7-8(5)9-10(11(13)16-7)15-4-14-9/h2-4H,1H3,(H,14,15). The fraction of sp³-hybridized carbons (Fsp3) is 0.0909. The number of aryl methyl sites for hydroxylation is 1. The van der Waals surface area contributed by atoms with Crippen LogP contribution in [0.25, 0.3) is 21.9 Å². The van der Waals surface area contributed by atoms with Crippen LogP contribution in [0.3, 0.4) is 0 Å². The molecule has 0 fully saturated rings. The van der Waals surface area contributed by atoms with E-state index in [9.17, 15) is 0 Å². The number of hydrogen-bond acceptors (Lipinski definition) is 2. The molecule has 0 saturated heterocycles. The first kappa shape index (κ1) is 9.87. The van der Waals surface area contributed by atoms with Gasteiger partial charge in [0.1, 0.15) is 11.0 Å². The van der Waals surface area contributed by atoms with Crippen LogP contribution >= 0.6 is 23.2 Å². The minimum atomic E-state index is 0.432. The summed E-state index contributed by atoms with van der Waals surface area (Å²) in [5, 5.41) is 2.09. The third kappa shape index (κ3) is 1.22. The van der Waals surface area contributed by atoms with Crippen molar-refractivity contribution in [2.75, 3.05) is 0 Å².